The van der Waals surface area contributed by atoms with E-state index in [0.29, 0.717) is 22.7 Å². The summed E-state index contributed by atoms with van der Waals surface area (Å²) in [5.74, 6) is 0.538. The van der Waals surface area contributed by atoms with E-state index >= 15 is 0 Å². The summed E-state index contributed by atoms with van der Waals surface area (Å²) in [4.78, 5) is 14.5. The fourth-order valence-corrected chi connectivity index (χ4v) is 2.39. The maximum atomic E-state index is 12.3. The molecule has 1 aromatic rings. The van der Waals surface area contributed by atoms with Crippen molar-refractivity contribution in [1.82, 2.24) is 4.90 Å². The van der Waals surface area contributed by atoms with Gasteiger partial charge in [-0.25, -0.2) is 4.79 Å². The molecule has 0 bridgehead atoms. The summed E-state index contributed by atoms with van der Waals surface area (Å²) in [6.45, 7) is 1.86. The molecule has 0 radical (unpaired) electrons. The molecule has 116 valence electrons. The molecule has 0 spiro atoms. The number of methoxy groups -OCH3 is 2. The summed E-state index contributed by atoms with van der Waals surface area (Å²) in [6, 6.07) is 3.13. The molecular formula is C15H22N2O4. The van der Waals surface area contributed by atoms with Gasteiger partial charge in [0.25, 0.3) is 0 Å². The van der Waals surface area contributed by atoms with E-state index in [4.69, 9.17) is 19.9 Å². The molecule has 0 atom stereocenters. The van der Waals surface area contributed by atoms with Gasteiger partial charge in [0.15, 0.2) is 11.5 Å². The highest BCUT2D eigenvalue weighted by Crippen LogP contribution is 2.32. The van der Waals surface area contributed by atoms with Crippen LogP contribution in [0.3, 0.4) is 0 Å². The van der Waals surface area contributed by atoms with Crippen molar-refractivity contribution >= 4 is 11.7 Å². The number of likely N-dealkylation sites (tertiary alicyclic amines) is 1. The highest BCUT2D eigenvalue weighted by molar-refractivity contribution is 5.96. The quantitative estimate of drug-likeness (QED) is 0.670. The van der Waals surface area contributed by atoms with E-state index in [1.807, 2.05) is 0 Å². The van der Waals surface area contributed by atoms with Gasteiger partial charge < -0.3 is 24.8 Å². The Morgan fingerprint density at radius 1 is 1.19 bits per heavy atom. The molecule has 0 aliphatic carbocycles. The first kappa shape index (κ1) is 15.4. The van der Waals surface area contributed by atoms with Crippen molar-refractivity contribution in [3.63, 3.8) is 0 Å². The Balaban J connectivity index is 2.11. The summed E-state index contributed by atoms with van der Waals surface area (Å²) >= 11 is 0. The molecule has 1 aliphatic rings. The van der Waals surface area contributed by atoms with E-state index in [0.717, 1.165) is 25.9 Å². The molecule has 1 aliphatic heterocycles. The second kappa shape index (κ2) is 6.67. The van der Waals surface area contributed by atoms with E-state index in [-0.39, 0.29) is 6.10 Å². The number of anilines is 1. The van der Waals surface area contributed by atoms with Crippen LogP contribution in [0.1, 0.15) is 23.2 Å². The summed E-state index contributed by atoms with van der Waals surface area (Å²) in [5.41, 5.74) is 6.54. The smallest absolute Gasteiger partial charge is 0.340 e. The number of nitrogens with zero attached hydrogens (tertiary/aromatic N) is 1. The van der Waals surface area contributed by atoms with E-state index in [9.17, 15) is 4.79 Å². The van der Waals surface area contributed by atoms with Gasteiger partial charge in [-0.2, -0.15) is 0 Å². The molecule has 1 heterocycles. The molecule has 1 fully saturated rings. The zero-order valence-electron chi connectivity index (χ0n) is 12.7. The predicted molar refractivity (Wildman–Crippen MR) is 79.9 cm³/mol. The highest BCUT2D eigenvalue weighted by Gasteiger charge is 2.23. The molecule has 6 nitrogen and oxygen atoms in total. The van der Waals surface area contributed by atoms with Crippen LogP contribution < -0.4 is 15.2 Å². The fourth-order valence-electron chi connectivity index (χ4n) is 2.39. The molecule has 21 heavy (non-hydrogen) atoms. The van der Waals surface area contributed by atoms with Gasteiger partial charge in [-0.05, 0) is 19.9 Å². The van der Waals surface area contributed by atoms with Gasteiger partial charge in [-0.1, -0.05) is 0 Å². The minimum Gasteiger partial charge on any atom is -0.493 e. The topological polar surface area (TPSA) is 74.0 Å². The van der Waals surface area contributed by atoms with Crippen molar-refractivity contribution in [1.29, 1.82) is 0 Å². The first-order valence-electron chi connectivity index (χ1n) is 6.96. The van der Waals surface area contributed by atoms with Gasteiger partial charge in [0.1, 0.15) is 6.10 Å². The number of carbonyl (C=O) groups is 1. The molecular weight excluding hydrogens is 272 g/mol. The van der Waals surface area contributed by atoms with Crippen molar-refractivity contribution in [2.24, 2.45) is 0 Å². The van der Waals surface area contributed by atoms with Crippen LogP contribution in [0.15, 0.2) is 12.1 Å². The number of nitrogens with two attached hydrogens (primary N) is 1. The van der Waals surface area contributed by atoms with E-state index in [1.54, 1.807) is 12.1 Å². The lowest BCUT2D eigenvalue weighted by Crippen LogP contribution is -2.35. The zero-order chi connectivity index (χ0) is 15.4. The van der Waals surface area contributed by atoms with E-state index < -0.39 is 5.97 Å². The Morgan fingerprint density at radius 3 is 2.33 bits per heavy atom. The number of hydrogen-bond acceptors (Lipinski definition) is 6. The minimum absolute atomic E-state index is 0.0544. The third-order valence-corrected chi connectivity index (χ3v) is 3.71. The predicted octanol–water partition coefficient (Wildman–Crippen LogP) is 1.54. The largest absolute Gasteiger partial charge is 0.493 e. The highest BCUT2D eigenvalue weighted by atomic mass is 16.5. The Kier molecular flexibility index (Phi) is 4.90. The Hall–Kier alpha value is -1.95. The number of rotatable bonds is 4. The normalized spacial score (nSPS) is 16.5. The molecule has 6 heteroatoms. The first-order valence-corrected chi connectivity index (χ1v) is 6.96. The summed E-state index contributed by atoms with van der Waals surface area (Å²) in [7, 11) is 5.10. The van der Waals surface area contributed by atoms with Crippen LogP contribution in [0.4, 0.5) is 5.69 Å². The van der Waals surface area contributed by atoms with Crippen LogP contribution in [0.5, 0.6) is 11.5 Å². The molecule has 2 rings (SSSR count). The van der Waals surface area contributed by atoms with Crippen molar-refractivity contribution < 1.29 is 19.0 Å². The van der Waals surface area contributed by atoms with Crippen molar-refractivity contribution in [2.75, 3.05) is 40.1 Å². The van der Waals surface area contributed by atoms with Crippen molar-refractivity contribution in [3.8, 4) is 11.5 Å². The second-order valence-electron chi connectivity index (χ2n) is 5.20. The van der Waals surface area contributed by atoms with Crippen molar-refractivity contribution in [2.45, 2.75) is 18.9 Å². The maximum Gasteiger partial charge on any atom is 0.340 e. The monoisotopic (exact) mass is 294 g/mol. The number of esters is 1. The SMILES string of the molecule is COc1cc(N)c(C(=O)OC2CCN(C)CC2)cc1OC. The van der Waals surface area contributed by atoms with Crippen LogP contribution in [0, 0.1) is 0 Å². The molecule has 0 aromatic heterocycles. The Labute approximate surface area is 124 Å². The third kappa shape index (κ3) is 3.58. The number of nitrogen functional groups attached to an aromatic ring is 1. The summed E-state index contributed by atoms with van der Waals surface area (Å²) < 4.78 is 15.9. The molecule has 1 aromatic carbocycles. The number of carbonyl (C=O) groups excluding carboxylic acids is 1. The number of ether oxygens (including phenoxy) is 3. The van der Waals surface area contributed by atoms with Gasteiger partial charge in [-0.3, -0.25) is 0 Å². The summed E-state index contributed by atoms with van der Waals surface area (Å²) in [5, 5.41) is 0. The van der Waals surface area contributed by atoms with E-state index in [1.165, 1.54) is 14.2 Å². The lowest BCUT2D eigenvalue weighted by molar-refractivity contribution is 0.0140. The van der Waals surface area contributed by atoms with Crippen LogP contribution in [0.25, 0.3) is 0 Å². The lowest BCUT2D eigenvalue weighted by Gasteiger charge is -2.28. The molecule has 0 saturated carbocycles. The van der Waals surface area contributed by atoms with Crippen LogP contribution in [0.2, 0.25) is 0 Å². The molecule has 1 saturated heterocycles. The van der Waals surface area contributed by atoms with Gasteiger partial charge in [0, 0.05) is 25.2 Å². The Morgan fingerprint density at radius 2 is 1.76 bits per heavy atom. The average molecular weight is 294 g/mol. The Bertz CT molecular complexity index is 511. The standard InChI is InChI=1S/C15H22N2O4/c1-17-6-4-10(5-7-17)21-15(18)11-8-13(19-2)14(20-3)9-12(11)16/h8-10H,4-7,16H2,1-3H3. The van der Waals surface area contributed by atoms with Crippen molar-refractivity contribution in [3.05, 3.63) is 17.7 Å². The number of benzene rings is 1. The average Bonchev–Trinajstić information content (AvgIpc) is 2.49. The van der Waals surface area contributed by atoms with Crippen LogP contribution >= 0.6 is 0 Å². The van der Waals surface area contributed by atoms with Gasteiger partial charge in [-0.15, -0.1) is 0 Å². The number of hydrogen-bond donors (Lipinski definition) is 1. The third-order valence-electron chi connectivity index (χ3n) is 3.71. The maximum absolute atomic E-state index is 12.3. The first-order chi connectivity index (χ1) is 10.0. The van der Waals surface area contributed by atoms with Crippen LogP contribution in [-0.2, 0) is 4.74 Å². The minimum atomic E-state index is -0.414. The lowest BCUT2D eigenvalue weighted by atomic mass is 10.1. The molecule has 0 amide bonds. The fraction of sp³-hybridized carbons (Fsp3) is 0.533. The zero-order valence-corrected chi connectivity index (χ0v) is 12.7. The number of piperidine rings is 1. The summed E-state index contributed by atoms with van der Waals surface area (Å²) in [6.07, 6.45) is 1.63. The molecule has 2 N–H and O–H groups in total. The molecule has 0 unspecified atom stereocenters. The van der Waals surface area contributed by atoms with Crippen LogP contribution in [-0.4, -0.2) is 51.3 Å². The van der Waals surface area contributed by atoms with Gasteiger partial charge in [0.05, 0.1) is 25.5 Å². The van der Waals surface area contributed by atoms with Gasteiger partial charge >= 0.3 is 5.97 Å². The van der Waals surface area contributed by atoms with E-state index in [2.05, 4.69) is 11.9 Å². The second-order valence-corrected chi connectivity index (χ2v) is 5.20. The van der Waals surface area contributed by atoms with Gasteiger partial charge in [0.2, 0.25) is 0 Å².